The van der Waals surface area contributed by atoms with Crippen LogP contribution in [0.2, 0.25) is 0 Å². The monoisotopic (exact) mass is 402 g/mol. The Morgan fingerprint density at radius 2 is 1.86 bits per heavy atom. The molecule has 29 heavy (non-hydrogen) atoms. The number of hydrogen-bond donors (Lipinski definition) is 2. The van der Waals surface area contributed by atoms with Crippen LogP contribution in [-0.4, -0.2) is 43.8 Å². The molecule has 1 aliphatic heterocycles. The van der Waals surface area contributed by atoms with Crippen LogP contribution in [0.1, 0.15) is 32.8 Å². The second-order valence-electron chi connectivity index (χ2n) is 6.08. The van der Waals surface area contributed by atoms with Crippen LogP contribution in [0.15, 0.2) is 41.6 Å². The molecule has 0 bridgehead atoms. The predicted molar refractivity (Wildman–Crippen MR) is 107 cm³/mol. The van der Waals surface area contributed by atoms with Gasteiger partial charge in [-0.1, -0.05) is 25.1 Å². The van der Waals surface area contributed by atoms with E-state index in [1.165, 1.54) is 6.08 Å². The van der Waals surface area contributed by atoms with Crippen LogP contribution in [0.3, 0.4) is 0 Å². The molecule has 2 N–H and O–H groups in total. The average Bonchev–Trinajstić information content (AvgIpc) is 2.71. The van der Waals surface area contributed by atoms with Crippen molar-refractivity contribution >= 4 is 24.0 Å². The first-order chi connectivity index (χ1) is 14.0. The van der Waals surface area contributed by atoms with Crippen LogP contribution >= 0.6 is 0 Å². The van der Waals surface area contributed by atoms with Crippen molar-refractivity contribution in [3.8, 4) is 5.75 Å². The summed E-state index contributed by atoms with van der Waals surface area (Å²) in [6, 6.07) is 6.32. The van der Waals surface area contributed by atoms with Gasteiger partial charge in [0.15, 0.2) is 0 Å². The minimum absolute atomic E-state index is 0.196. The number of nitrogens with one attached hydrogen (secondary N) is 2. The molecule has 0 aromatic heterocycles. The van der Waals surface area contributed by atoms with E-state index in [0.717, 1.165) is 5.56 Å². The molecule has 0 saturated heterocycles. The van der Waals surface area contributed by atoms with Crippen molar-refractivity contribution in [1.29, 1.82) is 0 Å². The summed E-state index contributed by atoms with van der Waals surface area (Å²) in [6.45, 7) is 5.85. The molecular formula is C21H26N2O6. The van der Waals surface area contributed by atoms with E-state index >= 15 is 0 Å². The van der Waals surface area contributed by atoms with Gasteiger partial charge >= 0.3 is 18.0 Å². The van der Waals surface area contributed by atoms with E-state index in [4.69, 9.17) is 14.2 Å². The third kappa shape index (κ3) is 6.10. The summed E-state index contributed by atoms with van der Waals surface area (Å²) in [4.78, 5) is 36.3. The number of hydrogen-bond acceptors (Lipinski definition) is 6. The maximum atomic E-state index is 12.3. The number of para-hydroxylation sites is 1. The maximum absolute atomic E-state index is 12.3. The second kappa shape index (κ2) is 10.9. The lowest BCUT2D eigenvalue weighted by atomic mass is 10.0. The standard InChI is InChI=1S/C21H26N2O6/c1-4-15-19(20(25)28-6-3)16(23-21(26)22-15)13-29-18(24)12-11-14-9-7-8-10-17(14)27-5-2/h7-12,15H,4-6,13H2,1-3H3,(H2,22,23,26)/b12-11+/t15-/m0/s1. The molecule has 0 aliphatic carbocycles. The Morgan fingerprint density at radius 1 is 1.10 bits per heavy atom. The molecule has 0 radical (unpaired) electrons. The molecule has 1 heterocycles. The van der Waals surface area contributed by atoms with E-state index in [1.54, 1.807) is 19.1 Å². The van der Waals surface area contributed by atoms with Gasteiger partial charge in [0.05, 0.1) is 30.5 Å². The van der Waals surface area contributed by atoms with Gasteiger partial charge < -0.3 is 24.8 Å². The fourth-order valence-electron chi connectivity index (χ4n) is 2.83. The molecule has 0 saturated carbocycles. The number of urea groups is 1. The van der Waals surface area contributed by atoms with Crippen molar-refractivity contribution < 1.29 is 28.6 Å². The fraction of sp³-hybridized carbons (Fsp3) is 0.381. The number of carbonyl (C=O) groups is 3. The molecular weight excluding hydrogens is 376 g/mol. The van der Waals surface area contributed by atoms with Crippen LogP contribution in [0.4, 0.5) is 4.79 Å². The smallest absolute Gasteiger partial charge is 0.338 e. The van der Waals surface area contributed by atoms with Crippen LogP contribution in [0.25, 0.3) is 6.08 Å². The van der Waals surface area contributed by atoms with Gasteiger partial charge in [0, 0.05) is 11.6 Å². The molecule has 1 aromatic rings. The van der Waals surface area contributed by atoms with Gasteiger partial charge in [-0.3, -0.25) is 0 Å². The van der Waals surface area contributed by atoms with Gasteiger partial charge in [0.25, 0.3) is 0 Å². The molecule has 1 aliphatic rings. The molecule has 0 unspecified atom stereocenters. The van der Waals surface area contributed by atoms with Crippen molar-refractivity contribution in [2.45, 2.75) is 33.2 Å². The van der Waals surface area contributed by atoms with Crippen LogP contribution in [-0.2, 0) is 19.1 Å². The van der Waals surface area contributed by atoms with E-state index < -0.39 is 24.0 Å². The van der Waals surface area contributed by atoms with E-state index in [0.29, 0.717) is 18.8 Å². The first kappa shape index (κ1) is 22.0. The summed E-state index contributed by atoms with van der Waals surface area (Å²) in [5.74, 6) is -0.519. The fourth-order valence-corrected chi connectivity index (χ4v) is 2.83. The van der Waals surface area contributed by atoms with Crippen molar-refractivity contribution in [1.82, 2.24) is 10.6 Å². The zero-order valence-corrected chi connectivity index (χ0v) is 16.8. The average molecular weight is 402 g/mol. The lowest BCUT2D eigenvalue weighted by Crippen LogP contribution is -2.51. The second-order valence-corrected chi connectivity index (χ2v) is 6.08. The SMILES string of the molecule is CCOC(=O)C1=C(COC(=O)/C=C/c2ccccc2OCC)NC(=O)N[C@H]1CC. The van der Waals surface area contributed by atoms with Gasteiger partial charge in [-0.05, 0) is 32.4 Å². The summed E-state index contributed by atoms with van der Waals surface area (Å²) in [5.41, 5.74) is 1.21. The minimum Gasteiger partial charge on any atom is -0.493 e. The number of rotatable bonds is 9. The third-order valence-electron chi connectivity index (χ3n) is 4.12. The normalized spacial score (nSPS) is 16.2. The number of ether oxygens (including phenoxy) is 3. The number of esters is 2. The topological polar surface area (TPSA) is 103 Å². The molecule has 2 rings (SSSR count). The summed E-state index contributed by atoms with van der Waals surface area (Å²) < 4.78 is 15.8. The maximum Gasteiger partial charge on any atom is 0.338 e. The molecule has 1 aromatic carbocycles. The summed E-state index contributed by atoms with van der Waals surface area (Å²) >= 11 is 0. The van der Waals surface area contributed by atoms with Crippen molar-refractivity contribution in [3.63, 3.8) is 0 Å². The molecule has 1 atom stereocenters. The lowest BCUT2D eigenvalue weighted by molar-refractivity contribution is -0.140. The Balaban J connectivity index is 2.11. The van der Waals surface area contributed by atoms with Crippen molar-refractivity contribution in [2.24, 2.45) is 0 Å². The number of amides is 2. The van der Waals surface area contributed by atoms with Gasteiger partial charge in [0.2, 0.25) is 0 Å². The molecule has 0 fully saturated rings. The zero-order valence-electron chi connectivity index (χ0n) is 16.8. The van der Waals surface area contributed by atoms with Gasteiger partial charge in [-0.2, -0.15) is 0 Å². The van der Waals surface area contributed by atoms with E-state index in [2.05, 4.69) is 10.6 Å². The van der Waals surface area contributed by atoms with Gasteiger partial charge in [-0.25, -0.2) is 14.4 Å². The quantitative estimate of drug-likeness (QED) is 0.486. The number of benzene rings is 1. The largest absolute Gasteiger partial charge is 0.493 e. The Morgan fingerprint density at radius 3 is 2.55 bits per heavy atom. The van der Waals surface area contributed by atoms with Crippen molar-refractivity contribution in [3.05, 3.63) is 47.2 Å². The molecule has 2 amide bonds. The third-order valence-corrected chi connectivity index (χ3v) is 4.12. The van der Waals surface area contributed by atoms with Gasteiger partial charge in [0.1, 0.15) is 12.4 Å². The van der Waals surface area contributed by atoms with Crippen LogP contribution < -0.4 is 15.4 Å². The zero-order chi connectivity index (χ0) is 21.2. The van der Waals surface area contributed by atoms with Crippen LogP contribution in [0, 0.1) is 0 Å². The Kier molecular flexibility index (Phi) is 8.27. The summed E-state index contributed by atoms with van der Waals surface area (Å²) in [5, 5.41) is 5.19. The highest BCUT2D eigenvalue weighted by Gasteiger charge is 2.31. The van der Waals surface area contributed by atoms with Crippen molar-refractivity contribution in [2.75, 3.05) is 19.8 Å². The first-order valence-corrected chi connectivity index (χ1v) is 9.54. The molecule has 156 valence electrons. The molecule has 8 nitrogen and oxygen atoms in total. The van der Waals surface area contributed by atoms with E-state index in [-0.39, 0.29) is 24.5 Å². The first-order valence-electron chi connectivity index (χ1n) is 9.54. The Bertz CT molecular complexity index is 815. The van der Waals surface area contributed by atoms with E-state index in [1.807, 2.05) is 32.0 Å². The summed E-state index contributed by atoms with van der Waals surface area (Å²) in [6.07, 6.45) is 3.35. The number of carbonyl (C=O) groups excluding carboxylic acids is 3. The highest BCUT2D eigenvalue weighted by atomic mass is 16.5. The van der Waals surface area contributed by atoms with E-state index in [9.17, 15) is 14.4 Å². The Hall–Kier alpha value is -3.29. The minimum atomic E-state index is -0.618. The predicted octanol–water partition coefficient (Wildman–Crippen LogP) is 2.55. The lowest BCUT2D eigenvalue weighted by Gasteiger charge is -2.28. The Labute approximate surface area is 169 Å². The summed E-state index contributed by atoms with van der Waals surface area (Å²) in [7, 11) is 0. The molecule has 8 heteroatoms. The van der Waals surface area contributed by atoms with Gasteiger partial charge in [-0.15, -0.1) is 0 Å². The highest BCUT2D eigenvalue weighted by Crippen LogP contribution is 2.20. The highest BCUT2D eigenvalue weighted by molar-refractivity contribution is 5.95. The molecule has 0 spiro atoms. The van der Waals surface area contributed by atoms with Crippen LogP contribution in [0.5, 0.6) is 5.75 Å².